The maximum absolute atomic E-state index is 13.1. The van der Waals surface area contributed by atoms with Crippen LogP contribution in [-0.2, 0) is 10.0 Å². The lowest BCUT2D eigenvalue weighted by atomic mass is 10.2. The van der Waals surface area contributed by atoms with Crippen LogP contribution in [0, 0.1) is 29.5 Å². The van der Waals surface area contributed by atoms with Crippen LogP contribution in [0.4, 0.5) is 4.39 Å². The second-order valence-electron chi connectivity index (χ2n) is 3.39. The summed E-state index contributed by atoms with van der Waals surface area (Å²) >= 11 is 0. The Kier molecular flexibility index (Phi) is 4.43. The summed E-state index contributed by atoms with van der Waals surface area (Å²) < 4.78 is 38.5. The molecule has 0 aromatic heterocycles. The SMILES string of the molecule is C#CCN(CC)S(=O)(=O)c1ccc(F)c(C#N)c1. The summed E-state index contributed by atoms with van der Waals surface area (Å²) in [5, 5.41) is 8.68. The Labute approximate surface area is 106 Å². The minimum absolute atomic E-state index is 0.0713. The summed E-state index contributed by atoms with van der Waals surface area (Å²) in [6.45, 7) is 1.77. The van der Waals surface area contributed by atoms with Gasteiger partial charge in [-0.2, -0.15) is 9.57 Å². The normalized spacial score (nSPS) is 10.9. The molecule has 0 fully saturated rings. The topological polar surface area (TPSA) is 61.2 Å². The zero-order valence-electron chi connectivity index (χ0n) is 9.72. The largest absolute Gasteiger partial charge is 0.243 e. The van der Waals surface area contributed by atoms with Crippen molar-refractivity contribution < 1.29 is 12.8 Å². The van der Waals surface area contributed by atoms with Crippen molar-refractivity contribution >= 4 is 10.0 Å². The van der Waals surface area contributed by atoms with Crippen molar-refractivity contribution in [2.45, 2.75) is 11.8 Å². The molecule has 4 nitrogen and oxygen atoms in total. The third-order valence-electron chi connectivity index (χ3n) is 2.32. The summed E-state index contributed by atoms with van der Waals surface area (Å²) in [4.78, 5) is -0.141. The van der Waals surface area contributed by atoms with Gasteiger partial charge in [-0.25, -0.2) is 12.8 Å². The van der Waals surface area contributed by atoms with Gasteiger partial charge in [0.2, 0.25) is 10.0 Å². The molecule has 0 heterocycles. The predicted molar refractivity (Wildman–Crippen MR) is 64.4 cm³/mol. The molecule has 1 rings (SSSR count). The van der Waals surface area contributed by atoms with Gasteiger partial charge in [-0.15, -0.1) is 6.42 Å². The first-order valence-corrected chi connectivity index (χ1v) is 6.54. The van der Waals surface area contributed by atoms with E-state index >= 15 is 0 Å². The van der Waals surface area contributed by atoms with Crippen LogP contribution < -0.4 is 0 Å². The lowest BCUT2D eigenvalue weighted by Gasteiger charge is -2.17. The Morgan fingerprint density at radius 1 is 1.50 bits per heavy atom. The summed E-state index contributed by atoms with van der Waals surface area (Å²) in [6.07, 6.45) is 5.09. The van der Waals surface area contributed by atoms with Gasteiger partial charge in [-0.05, 0) is 18.2 Å². The molecule has 0 aliphatic carbocycles. The van der Waals surface area contributed by atoms with Gasteiger partial charge in [0.05, 0.1) is 17.0 Å². The molecule has 0 N–H and O–H groups in total. The Morgan fingerprint density at radius 2 is 2.17 bits per heavy atom. The van der Waals surface area contributed by atoms with Gasteiger partial charge < -0.3 is 0 Å². The Hall–Kier alpha value is -1.89. The highest BCUT2D eigenvalue weighted by Gasteiger charge is 2.23. The number of terminal acetylenes is 1. The maximum Gasteiger partial charge on any atom is 0.243 e. The smallest absolute Gasteiger partial charge is 0.207 e. The summed E-state index contributed by atoms with van der Waals surface area (Å²) in [5.41, 5.74) is -0.312. The highest BCUT2D eigenvalue weighted by atomic mass is 32.2. The fraction of sp³-hybridized carbons (Fsp3) is 0.250. The first-order chi connectivity index (χ1) is 8.47. The summed E-state index contributed by atoms with van der Waals surface area (Å²) in [5.74, 6) is 1.49. The first kappa shape index (κ1) is 14.2. The molecule has 0 aliphatic heterocycles. The molecule has 0 spiro atoms. The number of rotatable bonds is 4. The van der Waals surface area contributed by atoms with Gasteiger partial charge in [0.1, 0.15) is 11.9 Å². The van der Waals surface area contributed by atoms with E-state index in [4.69, 9.17) is 11.7 Å². The minimum Gasteiger partial charge on any atom is -0.207 e. The van der Waals surface area contributed by atoms with Gasteiger partial charge in [-0.3, -0.25) is 0 Å². The van der Waals surface area contributed by atoms with Crippen LogP contribution in [0.15, 0.2) is 23.1 Å². The minimum atomic E-state index is -3.79. The Morgan fingerprint density at radius 3 is 2.67 bits per heavy atom. The average Bonchev–Trinajstić information content (AvgIpc) is 2.35. The summed E-state index contributed by atoms with van der Waals surface area (Å²) in [7, 11) is -3.79. The van der Waals surface area contributed by atoms with Gasteiger partial charge in [0.15, 0.2) is 0 Å². The molecule has 18 heavy (non-hydrogen) atoms. The second-order valence-corrected chi connectivity index (χ2v) is 5.33. The van der Waals surface area contributed by atoms with Crippen LogP contribution >= 0.6 is 0 Å². The number of nitrogens with zero attached hydrogens (tertiary/aromatic N) is 2. The molecule has 0 atom stereocenters. The standard InChI is InChI=1S/C12H11FN2O2S/c1-3-7-15(4-2)18(16,17)11-5-6-12(13)10(8-11)9-14/h1,5-6,8H,4,7H2,2H3. The second kappa shape index (κ2) is 5.63. The van der Waals surface area contributed by atoms with Crippen LogP contribution in [0.3, 0.4) is 0 Å². The molecule has 0 radical (unpaired) electrons. The number of hydrogen-bond donors (Lipinski definition) is 0. The zero-order valence-corrected chi connectivity index (χ0v) is 10.5. The van der Waals surface area contributed by atoms with Crippen LogP contribution in [-0.4, -0.2) is 25.8 Å². The predicted octanol–water partition coefficient (Wildman–Crippen LogP) is 1.34. The molecular formula is C12H11FN2O2S. The van der Waals surface area contributed by atoms with Crippen molar-refractivity contribution in [2.75, 3.05) is 13.1 Å². The van der Waals surface area contributed by atoms with Crippen molar-refractivity contribution in [1.82, 2.24) is 4.31 Å². The van der Waals surface area contributed by atoms with E-state index < -0.39 is 15.8 Å². The quantitative estimate of drug-likeness (QED) is 0.773. The Bertz CT molecular complexity index is 626. The number of hydrogen-bond acceptors (Lipinski definition) is 3. The van der Waals surface area contributed by atoms with Crippen LogP contribution in [0.2, 0.25) is 0 Å². The molecule has 6 heteroatoms. The van der Waals surface area contributed by atoms with Gasteiger partial charge in [0.25, 0.3) is 0 Å². The lowest BCUT2D eigenvalue weighted by molar-refractivity contribution is 0.464. The van der Waals surface area contributed by atoms with Crippen molar-refractivity contribution in [3.05, 3.63) is 29.6 Å². The molecular weight excluding hydrogens is 255 g/mol. The number of halogens is 1. The molecule has 0 aliphatic rings. The van der Waals surface area contributed by atoms with Crippen molar-refractivity contribution in [3.63, 3.8) is 0 Å². The molecule has 1 aromatic carbocycles. The van der Waals surface area contributed by atoms with Crippen LogP contribution in [0.25, 0.3) is 0 Å². The molecule has 1 aromatic rings. The van der Waals surface area contributed by atoms with E-state index in [1.165, 1.54) is 0 Å². The van der Waals surface area contributed by atoms with Crippen LogP contribution in [0.5, 0.6) is 0 Å². The van der Waals surface area contributed by atoms with E-state index in [-0.39, 0.29) is 23.5 Å². The third kappa shape index (κ3) is 2.67. The van der Waals surface area contributed by atoms with E-state index in [0.717, 1.165) is 22.5 Å². The number of nitriles is 1. The Balaban J connectivity index is 3.30. The van der Waals surface area contributed by atoms with Gasteiger partial charge in [0, 0.05) is 6.54 Å². The van der Waals surface area contributed by atoms with E-state index in [0.29, 0.717) is 0 Å². The third-order valence-corrected chi connectivity index (χ3v) is 4.23. The fourth-order valence-corrected chi connectivity index (χ4v) is 2.76. The molecule has 94 valence electrons. The monoisotopic (exact) mass is 266 g/mol. The fourth-order valence-electron chi connectivity index (χ4n) is 1.37. The molecule has 0 bridgehead atoms. The average molecular weight is 266 g/mol. The number of benzene rings is 1. The molecule has 0 unspecified atom stereocenters. The highest BCUT2D eigenvalue weighted by Crippen LogP contribution is 2.18. The van der Waals surface area contributed by atoms with Gasteiger partial charge in [-0.1, -0.05) is 12.8 Å². The van der Waals surface area contributed by atoms with E-state index in [1.807, 2.05) is 0 Å². The molecule has 0 saturated carbocycles. The molecule has 0 saturated heterocycles. The first-order valence-electron chi connectivity index (χ1n) is 5.10. The zero-order chi connectivity index (χ0) is 13.8. The van der Waals surface area contributed by atoms with Gasteiger partial charge >= 0.3 is 0 Å². The van der Waals surface area contributed by atoms with E-state index in [9.17, 15) is 12.8 Å². The van der Waals surface area contributed by atoms with Crippen molar-refractivity contribution in [1.29, 1.82) is 5.26 Å². The summed E-state index contributed by atoms with van der Waals surface area (Å²) in [6, 6.07) is 4.67. The van der Waals surface area contributed by atoms with E-state index in [2.05, 4.69) is 5.92 Å². The van der Waals surface area contributed by atoms with Crippen LogP contribution in [0.1, 0.15) is 12.5 Å². The van der Waals surface area contributed by atoms with Crippen molar-refractivity contribution in [3.8, 4) is 18.4 Å². The lowest BCUT2D eigenvalue weighted by Crippen LogP contribution is -2.31. The molecule has 0 amide bonds. The van der Waals surface area contributed by atoms with E-state index in [1.54, 1.807) is 13.0 Å². The number of sulfonamides is 1. The maximum atomic E-state index is 13.1. The highest BCUT2D eigenvalue weighted by molar-refractivity contribution is 7.89. The van der Waals surface area contributed by atoms with Crippen molar-refractivity contribution in [2.24, 2.45) is 0 Å².